The number of amides is 2. The van der Waals surface area contributed by atoms with Gasteiger partial charge >= 0.3 is 0 Å². The highest BCUT2D eigenvalue weighted by atomic mass is 32.2. The maximum Gasteiger partial charge on any atom is 0.232 e. The van der Waals surface area contributed by atoms with Crippen molar-refractivity contribution < 1.29 is 19.1 Å². The molecule has 0 aliphatic carbocycles. The summed E-state index contributed by atoms with van der Waals surface area (Å²) in [6.45, 7) is 1.30. The van der Waals surface area contributed by atoms with Crippen LogP contribution in [0.25, 0.3) is 0 Å². The van der Waals surface area contributed by atoms with Crippen molar-refractivity contribution in [3.05, 3.63) is 60.2 Å². The zero-order chi connectivity index (χ0) is 20.2. The van der Waals surface area contributed by atoms with Crippen molar-refractivity contribution >= 4 is 23.6 Å². The smallest absolute Gasteiger partial charge is 0.232 e. The summed E-state index contributed by atoms with van der Waals surface area (Å²) in [6.07, 6.45) is 0.157. The van der Waals surface area contributed by atoms with Crippen LogP contribution in [0.1, 0.15) is 12.0 Å². The van der Waals surface area contributed by atoms with Crippen LogP contribution in [0.2, 0.25) is 0 Å². The lowest BCUT2D eigenvalue weighted by Gasteiger charge is -2.22. The van der Waals surface area contributed by atoms with Gasteiger partial charge in [-0.2, -0.15) is 0 Å². The number of benzene rings is 2. The Morgan fingerprint density at radius 2 is 1.71 bits per heavy atom. The van der Waals surface area contributed by atoms with Gasteiger partial charge in [0.25, 0.3) is 0 Å². The highest BCUT2D eigenvalue weighted by Gasteiger charge is 2.15. The van der Waals surface area contributed by atoms with Gasteiger partial charge in [-0.25, -0.2) is 0 Å². The van der Waals surface area contributed by atoms with Gasteiger partial charge in [0.1, 0.15) is 11.5 Å². The van der Waals surface area contributed by atoms with Crippen molar-refractivity contribution in [2.75, 3.05) is 31.8 Å². The van der Waals surface area contributed by atoms with E-state index in [4.69, 9.17) is 15.2 Å². The van der Waals surface area contributed by atoms with E-state index in [-0.39, 0.29) is 12.3 Å². The van der Waals surface area contributed by atoms with Crippen molar-refractivity contribution in [1.82, 2.24) is 4.90 Å². The number of carbonyl (C=O) groups excluding carboxylic acids is 2. The Hall–Kier alpha value is -2.67. The molecule has 0 atom stereocenters. The number of rotatable bonds is 12. The second kappa shape index (κ2) is 11.9. The summed E-state index contributed by atoms with van der Waals surface area (Å²) in [5.41, 5.74) is 6.26. The van der Waals surface area contributed by atoms with Gasteiger partial charge in [0.15, 0.2) is 0 Å². The van der Waals surface area contributed by atoms with Crippen LogP contribution < -0.4 is 15.2 Å². The molecule has 2 aromatic rings. The van der Waals surface area contributed by atoms with E-state index in [9.17, 15) is 9.59 Å². The zero-order valence-electron chi connectivity index (χ0n) is 16.0. The Morgan fingerprint density at radius 3 is 2.36 bits per heavy atom. The first kappa shape index (κ1) is 21.6. The molecule has 150 valence electrons. The molecule has 0 heterocycles. The predicted molar refractivity (Wildman–Crippen MR) is 111 cm³/mol. The molecule has 0 radical (unpaired) electrons. The van der Waals surface area contributed by atoms with Gasteiger partial charge < -0.3 is 20.1 Å². The molecule has 0 aliphatic heterocycles. The number of carbonyl (C=O) groups is 2. The monoisotopic (exact) mass is 402 g/mol. The van der Waals surface area contributed by atoms with Crippen LogP contribution in [0.15, 0.2) is 54.6 Å². The molecular weight excluding hydrogens is 376 g/mol. The van der Waals surface area contributed by atoms with Crippen molar-refractivity contribution in [3.8, 4) is 11.5 Å². The van der Waals surface area contributed by atoms with Crippen LogP contribution in [0.4, 0.5) is 0 Å². The fraction of sp³-hybridized carbons (Fsp3) is 0.333. The lowest BCUT2D eigenvalue weighted by molar-refractivity contribution is -0.129. The zero-order valence-corrected chi connectivity index (χ0v) is 16.8. The molecule has 2 N–H and O–H groups in total. The van der Waals surface area contributed by atoms with Crippen LogP contribution in [-0.4, -0.2) is 48.5 Å². The summed E-state index contributed by atoms with van der Waals surface area (Å²) in [5, 5.41) is 0. The number of primary amides is 1. The minimum absolute atomic E-state index is 0.0143. The lowest BCUT2D eigenvalue weighted by atomic mass is 10.2. The van der Waals surface area contributed by atoms with Gasteiger partial charge in [-0.1, -0.05) is 30.3 Å². The maximum atomic E-state index is 12.6. The van der Waals surface area contributed by atoms with E-state index in [0.29, 0.717) is 31.2 Å². The molecule has 2 amide bonds. The topological polar surface area (TPSA) is 81.9 Å². The van der Waals surface area contributed by atoms with Crippen molar-refractivity contribution in [1.29, 1.82) is 0 Å². The molecule has 28 heavy (non-hydrogen) atoms. The fourth-order valence-electron chi connectivity index (χ4n) is 2.48. The molecule has 6 nitrogen and oxygen atoms in total. The summed E-state index contributed by atoms with van der Waals surface area (Å²) in [5.74, 6) is 2.14. The Labute approximate surface area is 170 Å². The first-order chi connectivity index (χ1) is 13.6. The molecule has 2 aromatic carbocycles. The van der Waals surface area contributed by atoms with Gasteiger partial charge in [0, 0.05) is 25.3 Å². The van der Waals surface area contributed by atoms with E-state index in [1.807, 2.05) is 54.6 Å². The van der Waals surface area contributed by atoms with Crippen molar-refractivity contribution in [2.45, 2.75) is 13.0 Å². The summed E-state index contributed by atoms with van der Waals surface area (Å²) in [7, 11) is 1.62. The average Bonchev–Trinajstić information content (AvgIpc) is 2.71. The van der Waals surface area contributed by atoms with E-state index in [1.54, 1.807) is 12.0 Å². The SMILES string of the molecule is COc1ccc(OCCSCC(=O)N(CCC(N)=O)Cc2ccccc2)cc1. The molecule has 0 unspecified atom stereocenters. The van der Waals surface area contributed by atoms with Gasteiger partial charge in [0.2, 0.25) is 11.8 Å². The number of hydrogen-bond donors (Lipinski definition) is 1. The summed E-state index contributed by atoms with van der Waals surface area (Å²) in [6, 6.07) is 17.1. The second-order valence-corrected chi connectivity index (χ2v) is 7.20. The molecule has 0 spiro atoms. The third-order valence-electron chi connectivity index (χ3n) is 3.98. The number of hydrogen-bond acceptors (Lipinski definition) is 5. The average molecular weight is 403 g/mol. The number of thioether (sulfide) groups is 1. The number of nitrogens with two attached hydrogens (primary N) is 1. The minimum Gasteiger partial charge on any atom is -0.497 e. The van der Waals surface area contributed by atoms with Crippen molar-refractivity contribution in [3.63, 3.8) is 0 Å². The molecule has 0 saturated carbocycles. The predicted octanol–water partition coefficient (Wildman–Crippen LogP) is 2.71. The van der Waals surface area contributed by atoms with Crippen LogP contribution in [0, 0.1) is 0 Å². The molecule has 2 rings (SSSR count). The van der Waals surface area contributed by atoms with E-state index >= 15 is 0 Å². The van der Waals surface area contributed by atoms with Crippen LogP contribution in [0.5, 0.6) is 11.5 Å². The third kappa shape index (κ3) is 7.92. The fourth-order valence-corrected chi connectivity index (χ4v) is 3.18. The highest BCUT2D eigenvalue weighted by Crippen LogP contribution is 2.17. The molecule has 0 bridgehead atoms. The molecule has 0 saturated heterocycles. The van der Waals surface area contributed by atoms with E-state index in [0.717, 1.165) is 17.1 Å². The first-order valence-electron chi connectivity index (χ1n) is 9.03. The normalized spacial score (nSPS) is 10.3. The largest absolute Gasteiger partial charge is 0.497 e. The summed E-state index contributed by atoms with van der Waals surface area (Å²) < 4.78 is 10.8. The first-order valence-corrected chi connectivity index (χ1v) is 10.2. The van der Waals surface area contributed by atoms with Crippen molar-refractivity contribution in [2.24, 2.45) is 5.73 Å². The maximum absolute atomic E-state index is 12.6. The van der Waals surface area contributed by atoms with E-state index in [1.165, 1.54) is 11.8 Å². The molecule has 0 fully saturated rings. The summed E-state index contributed by atoms with van der Waals surface area (Å²) in [4.78, 5) is 25.3. The summed E-state index contributed by atoms with van der Waals surface area (Å²) >= 11 is 1.50. The van der Waals surface area contributed by atoms with Gasteiger partial charge in [-0.3, -0.25) is 9.59 Å². The van der Waals surface area contributed by atoms with Gasteiger partial charge in [0.05, 0.1) is 19.5 Å². The molecule has 7 heteroatoms. The number of methoxy groups -OCH3 is 1. The van der Waals surface area contributed by atoms with E-state index < -0.39 is 5.91 Å². The highest BCUT2D eigenvalue weighted by molar-refractivity contribution is 7.99. The van der Waals surface area contributed by atoms with Gasteiger partial charge in [-0.05, 0) is 29.8 Å². The number of nitrogens with zero attached hydrogens (tertiary/aromatic N) is 1. The standard InChI is InChI=1S/C21H26N2O4S/c1-26-18-7-9-19(10-8-18)27-13-14-28-16-21(25)23(12-11-20(22)24)15-17-5-3-2-4-6-17/h2-10H,11-16H2,1H3,(H2,22,24). The van der Waals surface area contributed by atoms with Crippen LogP contribution in [-0.2, 0) is 16.1 Å². The van der Waals surface area contributed by atoms with Crippen LogP contribution in [0.3, 0.4) is 0 Å². The van der Waals surface area contributed by atoms with Crippen LogP contribution >= 0.6 is 11.8 Å². The third-order valence-corrected chi connectivity index (χ3v) is 4.88. The minimum atomic E-state index is -0.411. The van der Waals surface area contributed by atoms with Gasteiger partial charge in [-0.15, -0.1) is 11.8 Å². The molecule has 0 aliphatic rings. The molecular formula is C21H26N2O4S. The lowest BCUT2D eigenvalue weighted by Crippen LogP contribution is -2.35. The second-order valence-electron chi connectivity index (χ2n) is 6.09. The molecule has 0 aromatic heterocycles. The quantitative estimate of drug-likeness (QED) is 0.552. The Balaban J connectivity index is 1.75. The Bertz CT molecular complexity index is 738. The number of ether oxygens (including phenoxy) is 2. The Kier molecular flexibility index (Phi) is 9.21. The Morgan fingerprint density at radius 1 is 1.04 bits per heavy atom. The van der Waals surface area contributed by atoms with E-state index in [2.05, 4.69) is 0 Å².